The van der Waals surface area contributed by atoms with Gasteiger partial charge < -0.3 is 19.9 Å². The fraction of sp³-hybridized carbons (Fsp3) is 0.714. The van der Waals surface area contributed by atoms with Crippen LogP contribution in [0, 0.1) is 11.8 Å². The number of amides is 1. The van der Waals surface area contributed by atoms with Crippen LogP contribution in [0.3, 0.4) is 0 Å². The van der Waals surface area contributed by atoms with Gasteiger partial charge in [-0.1, -0.05) is 13.8 Å². The first kappa shape index (κ1) is 14.8. The maximum absolute atomic E-state index is 10.9. The first-order valence-corrected chi connectivity index (χ1v) is 7.15. The molecule has 6 nitrogen and oxygen atoms in total. The standard InChI is InChI=1S/C14H24N4O2/c1-10(2)13(16-14(19)20)12-8-18(9-15-12)7-11-4-5-17(3)6-11/h8-11,13,16H,4-7H2,1-3H3,(H,19,20)/t11-,13-/m0/s1. The van der Waals surface area contributed by atoms with E-state index in [-0.39, 0.29) is 12.0 Å². The van der Waals surface area contributed by atoms with E-state index >= 15 is 0 Å². The van der Waals surface area contributed by atoms with Gasteiger partial charge in [0.25, 0.3) is 0 Å². The van der Waals surface area contributed by atoms with Gasteiger partial charge in [-0.15, -0.1) is 0 Å². The van der Waals surface area contributed by atoms with Crippen molar-refractivity contribution < 1.29 is 9.90 Å². The zero-order chi connectivity index (χ0) is 14.7. The number of nitrogens with zero attached hydrogens (tertiary/aromatic N) is 3. The number of imidazole rings is 1. The smallest absolute Gasteiger partial charge is 0.405 e. The maximum atomic E-state index is 10.9. The molecule has 1 saturated heterocycles. The molecule has 1 aromatic heterocycles. The van der Waals surface area contributed by atoms with Gasteiger partial charge in [-0.3, -0.25) is 0 Å². The fourth-order valence-corrected chi connectivity index (χ4v) is 2.83. The number of nitrogens with one attached hydrogen (secondary N) is 1. The predicted molar refractivity (Wildman–Crippen MR) is 76.6 cm³/mol. The van der Waals surface area contributed by atoms with Crippen molar-refractivity contribution >= 4 is 6.09 Å². The Morgan fingerprint density at radius 1 is 1.60 bits per heavy atom. The third-order valence-electron chi connectivity index (χ3n) is 3.88. The van der Waals surface area contributed by atoms with Crippen molar-refractivity contribution in [3.05, 3.63) is 18.2 Å². The highest BCUT2D eigenvalue weighted by Gasteiger charge is 2.22. The van der Waals surface area contributed by atoms with E-state index in [0.29, 0.717) is 5.92 Å². The van der Waals surface area contributed by atoms with Gasteiger partial charge in [0.15, 0.2) is 0 Å². The monoisotopic (exact) mass is 280 g/mol. The van der Waals surface area contributed by atoms with Gasteiger partial charge in [0.2, 0.25) is 0 Å². The Bertz CT molecular complexity index is 458. The number of hydrogen-bond acceptors (Lipinski definition) is 3. The van der Waals surface area contributed by atoms with Gasteiger partial charge in [-0.2, -0.15) is 0 Å². The van der Waals surface area contributed by atoms with E-state index in [0.717, 1.165) is 25.3 Å². The third-order valence-corrected chi connectivity index (χ3v) is 3.88. The molecule has 0 aromatic carbocycles. The van der Waals surface area contributed by atoms with Gasteiger partial charge >= 0.3 is 6.09 Å². The molecule has 6 heteroatoms. The highest BCUT2D eigenvalue weighted by molar-refractivity contribution is 5.65. The van der Waals surface area contributed by atoms with Gasteiger partial charge in [0.1, 0.15) is 0 Å². The molecule has 20 heavy (non-hydrogen) atoms. The van der Waals surface area contributed by atoms with Crippen molar-refractivity contribution in [3.63, 3.8) is 0 Å². The zero-order valence-electron chi connectivity index (χ0n) is 12.4. The zero-order valence-corrected chi connectivity index (χ0v) is 12.4. The summed E-state index contributed by atoms with van der Waals surface area (Å²) in [5, 5.41) is 11.5. The molecule has 1 fully saturated rings. The molecule has 0 saturated carbocycles. The summed E-state index contributed by atoms with van der Waals surface area (Å²) in [5.74, 6) is 0.832. The van der Waals surface area contributed by atoms with Gasteiger partial charge in [0, 0.05) is 19.3 Å². The first-order valence-electron chi connectivity index (χ1n) is 7.15. The predicted octanol–water partition coefficient (Wildman–Crippen LogP) is 1.80. The lowest BCUT2D eigenvalue weighted by molar-refractivity contribution is 0.185. The van der Waals surface area contributed by atoms with Gasteiger partial charge in [0.05, 0.1) is 18.1 Å². The normalized spacial score (nSPS) is 21.3. The van der Waals surface area contributed by atoms with Crippen molar-refractivity contribution in [1.29, 1.82) is 0 Å². The second-order valence-corrected chi connectivity index (χ2v) is 6.08. The first-order chi connectivity index (χ1) is 9.45. The minimum atomic E-state index is -1.00. The number of aromatic nitrogens is 2. The lowest BCUT2D eigenvalue weighted by Crippen LogP contribution is -2.30. The molecule has 2 atom stereocenters. The Labute approximate surface area is 119 Å². The molecule has 0 unspecified atom stereocenters. The summed E-state index contributed by atoms with van der Waals surface area (Å²) in [6, 6.07) is -0.250. The van der Waals surface area contributed by atoms with E-state index in [9.17, 15) is 4.79 Å². The van der Waals surface area contributed by atoms with E-state index in [2.05, 4.69) is 26.8 Å². The van der Waals surface area contributed by atoms with E-state index in [4.69, 9.17) is 5.11 Å². The van der Waals surface area contributed by atoms with Gasteiger partial charge in [-0.05, 0) is 31.8 Å². The lowest BCUT2D eigenvalue weighted by Gasteiger charge is -2.18. The molecule has 1 amide bonds. The van der Waals surface area contributed by atoms with Crippen LogP contribution < -0.4 is 5.32 Å². The van der Waals surface area contributed by atoms with Crippen molar-refractivity contribution in [2.45, 2.75) is 32.9 Å². The molecule has 0 bridgehead atoms. The van der Waals surface area contributed by atoms with E-state index in [1.165, 1.54) is 6.42 Å². The molecule has 1 aliphatic rings. The number of carboxylic acid groups (broad SMARTS) is 1. The van der Waals surface area contributed by atoms with Crippen molar-refractivity contribution in [2.75, 3.05) is 20.1 Å². The summed E-state index contributed by atoms with van der Waals surface area (Å²) >= 11 is 0. The topological polar surface area (TPSA) is 70.4 Å². The highest BCUT2D eigenvalue weighted by Crippen LogP contribution is 2.21. The summed E-state index contributed by atoms with van der Waals surface area (Å²) in [4.78, 5) is 17.6. The number of hydrogen-bond donors (Lipinski definition) is 2. The summed E-state index contributed by atoms with van der Waals surface area (Å²) in [5.41, 5.74) is 0.800. The second kappa shape index (κ2) is 6.26. The molecule has 0 aliphatic carbocycles. The fourth-order valence-electron chi connectivity index (χ4n) is 2.83. The molecular weight excluding hydrogens is 256 g/mol. The van der Waals surface area contributed by atoms with Crippen LogP contribution in [0.5, 0.6) is 0 Å². The minimum Gasteiger partial charge on any atom is -0.465 e. The molecule has 1 aromatic rings. The number of carbonyl (C=O) groups is 1. The summed E-state index contributed by atoms with van der Waals surface area (Å²) < 4.78 is 2.08. The second-order valence-electron chi connectivity index (χ2n) is 6.08. The van der Waals surface area contributed by atoms with Crippen LogP contribution in [-0.2, 0) is 6.54 Å². The molecule has 1 aliphatic heterocycles. The number of likely N-dealkylation sites (tertiary alicyclic amines) is 1. The average Bonchev–Trinajstić information content (AvgIpc) is 2.96. The molecule has 0 radical (unpaired) electrons. The van der Waals surface area contributed by atoms with Crippen molar-refractivity contribution in [1.82, 2.24) is 19.8 Å². The van der Waals surface area contributed by atoms with Crippen LogP contribution in [0.15, 0.2) is 12.5 Å². The van der Waals surface area contributed by atoms with Crippen LogP contribution in [-0.4, -0.2) is 45.8 Å². The quantitative estimate of drug-likeness (QED) is 0.863. The van der Waals surface area contributed by atoms with E-state index in [1.807, 2.05) is 26.4 Å². The lowest BCUT2D eigenvalue weighted by atomic mass is 10.0. The largest absolute Gasteiger partial charge is 0.465 e. The van der Waals surface area contributed by atoms with E-state index in [1.54, 1.807) is 0 Å². The number of rotatable bonds is 5. The van der Waals surface area contributed by atoms with Crippen LogP contribution >= 0.6 is 0 Å². The van der Waals surface area contributed by atoms with Crippen LogP contribution in [0.1, 0.15) is 32.0 Å². The molecular formula is C14H24N4O2. The minimum absolute atomic E-state index is 0.173. The van der Waals surface area contributed by atoms with Gasteiger partial charge in [-0.25, -0.2) is 9.78 Å². The van der Waals surface area contributed by atoms with Crippen molar-refractivity contribution in [3.8, 4) is 0 Å². The molecule has 0 spiro atoms. The van der Waals surface area contributed by atoms with E-state index < -0.39 is 6.09 Å². The molecule has 2 N–H and O–H groups in total. The highest BCUT2D eigenvalue weighted by atomic mass is 16.4. The van der Waals surface area contributed by atoms with Crippen LogP contribution in [0.4, 0.5) is 4.79 Å². The summed E-state index contributed by atoms with van der Waals surface area (Å²) in [6.45, 7) is 7.21. The Morgan fingerprint density at radius 3 is 2.90 bits per heavy atom. The maximum Gasteiger partial charge on any atom is 0.405 e. The van der Waals surface area contributed by atoms with Crippen LogP contribution in [0.25, 0.3) is 0 Å². The Hall–Kier alpha value is -1.56. The Balaban J connectivity index is 2.01. The third kappa shape index (κ3) is 3.72. The summed E-state index contributed by atoms with van der Waals surface area (Å²) in [7, 11) is 2.14. The molecule has 112 valence electrons. The van der Waals surface area contributed by atoms with Crippen molar-refractivity contribution in [2.24, 2.45) is 11.8 Å². The molecule has 2 rings (SSSR count). The SMILES string of the molecule is CC(C)[C@H](NC(=O)O)c1cn(C[C@H]2CCN(C)C2)cn1. The average molecular weight is 280 g/mol. The Kier molecular flexibility index (Phi) is 4.65. The van der Waals surface area contributed by atoms with Crippen LogP contribution in [0.2, 0.25) is 0 Å². The molecule has 2 heterocycles. The summed E-state index contributed by atoms with van der Waals surface area (Å²) in [6.07, 6.45) is 3.99. The Morgan fingerprint density at radius 2 is 2.35 bits per heavy atom.